The summed E-state index contributed by atoms with van der Waals surface area (Å²) in [4.78, 5) is 13.2. The number of amides is 1. The zero-order valence-corrected chi connectivity index (χ0v) is 13.5. The van der Waals surface area contributed by atoms with Crippen LogP contribution in [0.15, 0.2) is 11.5 Å². The Morgan fingerprint density at radius 1 is 1.30 bits per heavy atom. The average molecular weight is 279 g/mol. The summed E-state index contributed by atoms with van der Waals surface area (Å²) in [6.45, 7) is 9.91. The lowest BCUT2D eigenvalue weighted by Gasteiger charge is -2.32. The van der Waals surface area contributed by atoms with E-state index in [0.29, 0.717) is 6.04 Å². The zero-order valence-electron chi connectivity index (χ0n) is 13.5. The molecular formula is C15H26BNO3. The fourth-order valence-corrected chi connectivity index (χ4v) is 2.66. The van der Waals surface area contributed by atoms with E-state index >= 15 is 0 Å². The van der Waals surface area contributed by atoms with E-state index in [1.54, 1.807) is 6.92 Å². The second-order valence-corrected chi connectivity index (χ2v) is 6.93. The molecule has 2 rings (SSSR count). The van der Waals surface area contributed by atoms with Gasteiger partial charge in [-0.05, 0) is 52.4 Å². The molecule has 0 N–H and O–H groups in total. The number of hydrogen-bond acceptors (Lipinski definition) is 3. The highest BCUT2D eigenvalue weighted by Gasteiger charge is 2.52. The first-order valence-electron chi connectivity index (χ1n) is 7.42. The highest BCUT2D eigenvalue weighted by Crippen LogP contribution is 2.40. The van der Waals surface area contributed by atoms with Gasteiger partial charge in [0.2, 0.25) is 5.91 Å². The molecule has 0 spiro atoms. The number of nitrogens with zero attached hydrogens (tertiary/aromatic N) is 1. The molecule has 1 aliphatic carbocycles. The smallest absolute Gasteiger partial charge is 0.400 e. The summed E-state index contributed by atoms with van der Waals surface area (Å²) in [5, 5.41) is 0. The molecule has 112 valence electrons. The first kappa shape index (κ1) is 15.6. The predicted octanol–water partition coefficient (Wildman–Crippen LogP) is 2.58. The van der Waals surface area contributed by atoms with Crippen LogP contribution in [0.2, 0.25) is 0 Å². The van der Waals surface area contributed by atoms with Crippen molar-refractivity contribution in [1.82, 2.24) is 4.90 Å². The Morgan fingerprint density at radius 3 is 2.25 bits per heavy atom. The average Bonchev–Trinajstić information content (AvgIpc) is 2.57. The third-order valence-corrected chi connectivity index (χ3v) is 5.02. The molecule has 20 heavy (non-hydrogen) atoms. The van der Waals surface area contributed by atoms with Gasteiger partial charge in [0.25, 0.3) is 0 Å². The number of carbonyl (C=O) groups is 1. The Balaban J connectivity index is 2.02. The van der Waals surface area contributed by atoms with Gasteiger partial charge in [0.15, 0.2) is 0 Å². The monoisotopic (exact) mass is 279 g/mol. The molecule has 5 heteroatoms. The van der Waals surface area contributed by atoms with Crippen molar-refractivity contribution in [2.45, 2.75) is 71.1 Å². The Kier molecular flexibility index (Phi) is 4.04. The SMILES string of the molecule is CC(=O)N(C)C1CC=C(B2OC(C)(C)C(C)(C)O2)CC1. The Labute approximate surface area is 122 Å². The van der Waals surface area contributed by atoms with Crippen molar-refractivity contribution < 1.29 is 14.1 Å². The second-order valence-electron chi connectivity index (χ2n) is 6.93. The highest BCUT2D eigenvalue weighted by atomic mass is 16.7. The van der Waals surface area contributed by atoms with E-state index in [9.17, 15) is 4.79 Å². The summed E-state index contributed by atoms with van der Waals surface area (Å²) in [5.41, 5.74) is 0.647. The molecule has 1 unspecified atom stereocenters. The second kappa shape index (κ2) is 5.19. The summed E-state index contributed by atoms with van der Waals surface area (Å²) in [5.74, 6) is 0.127. The maximum Gasteiger partial charge on any atom is 0.490 e. The van der Waals surface area contributed by atoms with Crippen LogP contribution in [-0.4, -0.2) is 42.2 Å². The molecule has 0 aromatic heterocycles. The molecule has 0 aromatic carbocycles. The number of hydrogen-bond donors (Lipinski definition) is 0. The van der Waals surface area contributed by atoms with E-state index in [4.69, 9.17) is 9.31 Å². The minimum Gasteiger partial charge on any atom is -0.400 e. The van der Waals surface area contributed by atoms with Crippen molar-refractivity contribution in [2.75, 3.05) is 7.05 Å². The lowest BCUT2D eigenvalue weighted by molar-refractivity contribution is -0.129. The van der Waals surface area contributed by atoms with Crippen molar-refractivity contribution in [1.29, 1.82) is 0 Å². The Bertz CT molecular complexity index is 415. The van der Waals surface area contributed by atoms with Gasteiger partial charge in [-0.25, -0.2) is 0 Å². The van der Waals surface area contributed by atoms with E-state index in [2.05, 4.69) is 33.8 Å². The minimum absolute atomic E-state index is 0.127. The molecule has 1 fully saturated rings. The fourth-order valence-electron chi connectivity index (χ4n) is 2.66. The van der Waals surface area contributed by atoms with Crippen LogP contribution < -0.4 is 0 Å². The van der Waals surface area contributed by atoms with Gasteiger partial charge in [-0.2, -0.15) is 0 Å². The van der Waals surface area contributed by atoms with Gasteiger partial charge >= 0.3 is 7.12 Å². The lowest BCUT2D eigenvalue weighted by atomic mass is 9.71. The molecule has 1 heterocycles. The molecule has 2 aliphatic rings. The summed E-state index contributed by atoms with van der Waals surface area (Å²) in [6, 6.07) is 0.304. The van der Waals surface area contributed by atoms with Crippen LogP contribution in [0, 0.1) is 0 Å². The fraction of sp³-hybridized carbons (Fsp3) is 0.800. The first-order chi connectivity index (χ1) is 9.14. The summed E-state index contributed by atoms with van der Waals surface area (Å²) < 4.78 is 12.2. The van der Waals surface area contributed by atoms with Gasteiger partial charge in [0.05, 0.1) is 11.2 Å². The van der Waals surface area contributed by atoms with Gasteiger partial charge in [0.1, 0.15) is 0 Å². The van der Waals surface area contributed by atoms with Crippen LogP contribution >= 0.6 is 0 Å². The molecule has 1 atom stereocenters. The van der Waals surface area contributed by atoms with Crippen LogP contribution in [0.3, 0.4) is 0 Å². The van der Waals surface area contributed by atoms with Crippen molar-refractivity contribution in [3.05, 3.63) is 11.5 Å². The van der Waals surface area contributed by atoms with Gasteiger partial charge in [-0.3, -0.25) is 4.79 Å². The molecule has 0 radical (unpaired) electrons. The normalized spacial score (nSPS) is 28.2. The lowest BCUT2D eigenvalue weighted by Crippen LogP contribution is -2.41. The van der Waals surface area contributed by atoms with Crippen LogP contribution in [0.5, 0.6) is 0 Å². The topological polar surface area (TPSA) is 38.8 Å². The van der Waals surface area contributed by atoms with Crippen LogP contribution in [0.4, 0.5) is 0 Å². The van der Waals surface area contributed by atoms with Crippen LogP contribution in [-0.2, 0) is 14.1 Å². The molecule has 1 aliphatic heterocycles. The largest absolute Gasteiger partial charge is 0.490 e. The van der Waals surface area contributed by atoms with Gasteiger partial charge in [-0.1, -0.05) is 6.08 Å². The Hall–Kier alpha value is -0.805. The Morgan fingerprint density at radius 2 is 1.85 bits per heavy atom. The molecule has 0 aromatic rings. The van der Waals surface area contributed by atoms with Crippen LogP contribution in [0.25, 0.3) is 0 Å². The molecule has 0 saturated carbocycles. The van der Waals surface area contributed by atoms with E-state index in [1.165, 1.54) is 5.47 Å². The van der Waals surface area contributed by atoms with Crippen molar-refractivity contribution in [3.63, 3.8) is 0 Å². The molecular weight excluding hydrogens is 253 g/mol. The first-order valence-corrected chi connectivity index (χ1v) is 7.42. The molecule has 1 saturated heterocycles. The number of rotatable bonds is 2. The summed E-state index contributed by atoms with van der Waals surface area (Å²) >= 11 is 0. The van der Waals surface area contributed by atoms with Crippen molar-refractivity contribution in [3.8, 4) is 0 Å². The van der Waals surface area contributed by atoms with E-state index in [0.717, 1.165) is 19.3 Å². The maximum absolute atomic E-state index is 11.4. The third-order valence-electron chi connectivity index (χ3n) is 5.02. The summed E-state index contributed by atoms with van der Waals surface area (Å²) in [6.07, 6.45) is 4.98. The van der Waals surface area contributed by atoms with Crippen molar-refractivity contribution in [2.24, 2.45) is 0 Å². The van der Waals surface area contributed by atoms with E-state index in [1.807, 2.05) is 11.9 Å². The number of allylic oxidation sites excluding steroid dienone is 1. The molecule has 0 bridgehead atoms. The zero-order chi connectivity index (χ0) is 15.1. The van der Waals surface area contributed by atoms with E-state index in [-0.39, 0.29) is 24.2 Å². The third kappa shape index (κ3) is 2.79. The highest BCUT2D eigenvalue weighted by molar-refractivity contribution is 6.54. The standard InChI is InChI=1S/C15H26BNO3/c1-11(18)17(6)13-9-7-12(8-10-13)16-19-14(2,3)15(4,5)20-16/h7,13H,8-10H2,1-6H3. The maximum atomic E-state index is 11.4. The minimum atomic E-state index is -0.286. The number of carbonyl (C=O) groups excluding carboxylic acids is 1. The van der Waals surface area contributed by atoms with Gasteiger partial charge < -0.3 is 14.2 Å². The van der Waals surface area contributed by atoms with Gasteiger partial charge in [0, 0.05) is 20.0 Å². The quantitative estimate of drug-likeness (QED) is 0.729. The molecule has 1 amide bonds. The van der Waals surface area contributed by atoms with Gasteiger partial charge in [-0.15, -0.1) is 0 Å². The predicted molar refractivity (Wildman–Crippen MR) is 80.2 cm³/mol. The van der Waals surface area contributed by atoms with Crippen LogP contribution in [0.1, 0.15) is 53.9 Å². The van der Waals surface area contributed by atoms with Crippen molar-refractivity contribution >= 4 is 13.0 Å². The molecule has 4 nitrogen and oxygen atoms in total. The summed E-state index contributed by atoms with van der Waals surface area (Å²) in [7, 11) is 1.64. The van der Waals surface area contributed by atoms with E-state index < -0.39 is 0 Å².